The molecule has 0 atom stereocenters. The number of benzene rings is 1. The number of nitrogens with zero attached hydrogens (tertiary/aromatic N) is 2. The van der Waals surface area contributed by atoms with Crippen molar-refractivity contribution in [2.24, 2.45) is 0 Å². The predicted octanol–water partition coefficient (Wildman–Crippen LogP) is 1.37. The molecule has 0 saturated heterocycles. The van der Waals surface area contributed by atoms with Crippen molar-refractivity contribution in [2.75, 3.05) is 6.54 Å². The van der Waals surface area contributed by atoms with Gasteiger partial charge in [0.25, 0.3) is 0 Å². The third-order valence-electron chi connectivity index (χ3n) is 2.62. The number of aromatic hydroxyl groups is 1. The fourth-order valence-electron chi connectivity index (χ4n) is 1.66. The van der Waals surface area contributed by atoms with Crippen LogP contribution in [0.15, 0.2) is 24.5 Å². The molecule has 0 radical (unpaired) electrons. The first-order chi connectivity index (χ1) is 8.77. The van der Waals surface area contributed by atoms with Gasteiger partial charge in [-0.3, -0.25) is 5.10 Å². The fourth-order valence-corrected chi connectivity index (χ4v) is 1.66. The van der Waals surface area contributed by atoms with Crippen LogP contribution in [0, 0.1) is 5.82 Å². The van der Waals surface area contributed by atoms with E-state index in [-0.39, 0.29) is 5.75 Å². The molecule has 18 heavy (non-hydrogen) atoms. The molecule has 3 N–H and O–H groups in total. The van der Waals surface area contributed by atoms with Gasteiger partial charge in [0.1, 0.15) is 12.2 Å². The molecule has 0 unspecified atom stereocenters. The van der Waals surface area contributed by atoms with E-state index in [9.17, 15) is 9.50 Å². The van der Waals surface area contributed by atoms with Gasteiger partial charge in [-0.25, -0.2) is 9.37 Å². The van der Waals surface area contributed by atoms with Crippen LogP contribution in [0.1, 0.15) is 17.8 Å². The summed E-state index contributed by atoms with van der Waals surface area (Å²) in [5, 5.41) is 19.2. The van der Waals surface area contributed by atoms with Crippen molar-refractivity contribution in [3.05, 3.63) is 41.7 Å². The first kappa shape index (κ1) is 12.5. The Hall–Kier alpha value is -1.95. The standard InChI is InChI=1S/C12H15FN4O/c13-10-4-1-3-9(12(10)18)7-14-6-2-5-11-15-8-16-17-11/h1,3-4,8,14,18H,2,5-7H2,(H,15,16,17). The van der Waals surface area contributed by atoms with E-state index in [4.69, 9.17) is 0 Å². The average molecular weight is 250 g/mol. The largest absolute Gasteiger partial charge is 0.505 e. The van der Waals surface area contributed by atoms with E-state index in [1.165, 1.54) is 12.4 Å². The molecule has 0 bridgehead atoms. The molecule has 2 aromatic rings. The molecule has 0 aliphatic rings. The Labute approximate surface area is 104 Å². The number of aromatic amines is 1. The number of hydrogen-bond acceptors (Lipinski definition) is 4. The van der Waals surface area contributed by atoms with Crippen molar-refractivity contribution in [1.29, 1.82) is 0 Å². The molecule has 6 heteroatoms. The van der Waals surface area contributed by atoms with E-state index in [2.05, 4.69) is 20.5 Å². The molecule has 0 fully saturated rings. The summed E-state index contributed by atoms with van der Waals surface area (Å²) in [6, 6.07) is 4.52. The van der Waals surface area contributed by atoms with Gasteiger partial charge >= 0.3 is 0 Å². The van der Waals surface area contributed by atoms with Gasteiger partial charge in [0.05, 0.1) is 0 Å². The normalized spacial score (nSPS) is 10.7. The summed E-state index contributed by atoms with van der Waals surface area (Å²) in [6.45, 7) is 1.21. The average Bonchev–Trinajstić information content (AvgIpc) is 2.87. The highest BCUT2D eigenvalue weighted by atomic mass is 19.1. The first-order valence-corrected chi connectivity index (χ1v) is 5.78. The molecule has 0 saturated carbocycles. The van der Waals surface area contributed by atoms with Crippen molar-refractivity contribution >= 4 is 0 Å². The van der Waals surface area contributed by atoms with Crippen molar-refractivity contribution in [1.82, 2.24) is 20.5 Å². The summed E-state index contributed by atoms with van der Waals surface area (Å²) in [5.74, 6) is -0.0124. The summed E-state index contributed by atoms with van der Waals surface area (Å²) in [7, 11) is 0. The maximum Gasteiger partial charge on any atom is 0.165 e. The third-order valence-corrected chi connectivity index (χ3v) is 2.62. The van der Waals surface area contributed by atoms with Gasteiger partial charge in [-0.1, -0.05) is 12.1 Å². The molecule has 0 aliphatic heterocycles. The highest BCUT2D eigenvalue weighted by molar-refractivity contribution is 5.33. The monoisotopic (exact) mass is 250 g/mol. The lowest BCUT2D eigenvalue weighted by atomic mass is 10.2. The summed E-state index contributed by atoms with van der Waals surface area (Å²) >= 11 is 0. The Kier molecular flexibility index (Phi) is 4.25. The maximum absolute atomic E-state index is 13.0. The van der Waals surface area contributed by atoms with Crippen LogP contribution in [-0.4, -0.2) is 26.8 Å². The molecule has 0 spiro atoms. The molecule has 1 heterocycles. The lowest BCUT2D eigenvalue weighted by Gasteiger charge is -2.06. The number of H-pyrrole nitrogens is 1. The Morgan fingerprint density at radius 1 is 1.39 bits per heavy atom. The van der Waals surface area contributed by atoms with E-state index in [0.717, 1.165) is 25.2 Å². The minimum atomic E-state index is -0.587. The van der Waals surface area contributed by atoms with Gasteiger partial charge in [-0.05, 0) is 19.0 Å². The smallest absolute Gasteiger partial charge is 0.165 e. The van der Waals surface area contributed by atoms with E-state index in [0.29, 0.717) is 12.1 Å². The van der Waals surface area contributed by atoms with Crippen LogP contribution in [0.25, 0.3) is 0 Å². The zero-order valence-corrected chi connectivity index (χ0v) is 9.86. The molecule has 0 amide bonds. The molecule has 2 rings (SSSR count). The second kappa shape index (κ2) is 6.11. The van der Waals surface area contributed by atoms with E-state index in [1.54, 1.807) is 12.1 Å². The van der Waals surface area contributed by atoms with Crippen LogP contribution in [0.3, 0.4) is 0 Å². The Morgan fingerprint density at radius 3 is 3.06 bits per heavy atom. The zero-order chi connectivity index (χ0) is 12.8. The van der Waals surface area contributed by atoms with Gasteiger partial charge in [0.2, 0.25) is 0 Å². The minimum Gasteiger partial charge on any atom is -0.505 e. The number of phenols is 1. The second-order valence-electron chi connectivity index (χ2n) is 3.96. The van der Waals surface area contributed by atoms with E-state index >= 15 is 0 Å². The highest BCUT2D eigenvalue weighted by Crippen LogP contribution is 2.20. The highest BCUT2D eigenvalue weighted by Gasteiger charge is 2.05. The lowest BCUT2D eigenvalue weighted by Crippen LogP contribution is -2.15. The van der Waals surface area contributed by atoms with Gasteiger partial charge in [-0.2, -0.15) is 5.10 Å². The molecule has 0 aliphatic carbocycles. The molecule has 1 aromatic carbocycles. The number of aryl methyl sites for hydroxylation is 1. The van der Waals surface area contributed by atoms with Crippen LogP contribution < -0.4 is 5.32 Å². The zero-order valence-electron chi connectivity index (χ0n) is 9.86. The minimum absolute atomic E-state index is 0.278. The third kappa shape index (κ3) is 3.27. The fraction of sp³-hybridized carbons (Fsp3) is 0.333. The lowest BCUT2D eigenvalue weighted by molar-refractivity contribution is 0.423. The van der Waals surface area contributed by atoms with E-state index < -0.39 is 5.82 Å². The van der Waals surface area contributed by atoms with Crippen molar-refractivity contribution in [3.63, 3.8) is 0 Å². The van der Waals surface area contributed by atoms with Gasteiger partial charge in [-0.15, -0.1) is 0 Å². The van der Waals surface area contributed by atoms with Gasteiger partial charge < -0.3 is 10.4 Å². The number of hydrogen-bond donors (Lipinski definition) is 3. The van der Waals surface area contributed by atoms with Crippen molar-refractivity contribution < 1.29 is 9.50 Å². The second-order valence-corrected chi connectivity index (χ2v) is 3.96. The Balaban J connectivity index is 1.70. The summed E-state index contributed by atoms with van der Waals surface area (Å²) in [4.78, 5) is 4.01. The summed E-state index contributed by atoms with van der Waals surface area (Å²) in [6.07, 6.45) is 3.18. The summed E-state index contributed by atoms with van der Waals surface area (Å²) in [5.41, 5.74) is 0.565. The van der Waals surface area contributed by atoms with Crippen LogP contribution in [0.4, 0.5) is 4.39 Å². The van der Waals surface area contributed by atoms with Gasteiger partial charge in [0, 0.05) is 18.5 Å². The van der Waals surface area contributed by atoms with Gasteiger partial charge in [0.15, 0.2) is 11.6 Å². The number of nitrogens with one attached hydrogen (secondary N) is 2. The maximum atomic E-state index is 13.0. The number of aromatic nitrogens is 3. The molecule has 5 nitrogen and oxygen atoms in total. The van der Waals surface area contributed by atoms with Crippen LogP contribution in [0.5, 0.6) is 5.75 Å². The van der Waals surface area contributed by atoms with Crippen LogP contribution >= 0.6 is 0 Å². The van der Waals surface area contributed by atoms with Crippen LogP contribution in [0.2, 0.25) is 0 Å². The topological polar surface area (TPSA) is 73.8 Å². The summed E-state index contributed by atoms with van der Waals surface area (Å²) < 4.78 is 13.0. The van der Waals surface area contributed by atoms with Crippen molar-refractivity contribution in [2.45, 2.75) is 19.4 Å². The molecule has 96 valence electrons. The van der Waals surface area contributed by atoms with E-state index in [1.807, 2.05) is 0 Å². The number of para-hydroxylation sites is 1. The molecule has 1 aromatic heterocycles. The number of rotatable bonds is 6. The SMILES string of the molecule is Oc1c(F)cccc1CNCCCc1ncn[nH]1. The predicted molar refractivity (Wildman–Crippen MR) is 64.5 cm³/mol. The molecular formula is C12H15FN4O. The Morgan fingerprint density at radius 2 is 2.28 bits per heavy atom. The molecular weight excluding hydrogens is 235 g/mol. The number of halogens is 1. The number of phenolic OH excluding ortho intramolecular Hbond substituents is 1. The first-order valence-electron chi connectivity index (χ1n) is 5.78. The quantitative estimate of drug-likeness (QED) is 0.677. The van der Waals surface area contributed by atoms with Crippen molar-refractivity contribution in [3.8, 4) is 5.75 Å². The Bertz CT molecular complexity index is 487. The van der Waals surface area contributed by atoms with Crippen LogP contribution in [-0.2, 0) is 13.0 Å².